The van der Waals surface area contributed by atoms with Crippen molar-refractivity contribution in [3.8, 4) is 11.6 Å². The molecule has 2 heterocycles. The third kappa shape index (κ3) is 7.47. The highest BCUT2D eigenvalue weighted by atomic mass is 127. The van der Waals surface area contributed by atoms with Crippen molar-refractivity contribution in [3.63, 3.8) is 0 Å². The van der Waals surface area contributed by atoms with Crippen LogP contribution in [-0.4, -0.2) is 23.1 Å². The molecule has 172 valence electrons. The molecule has 0 saturated carbocycles. The molecule has 3 aromatic rings. The molecule has 2 N–H and O–H groups in total. The van der Waals surface area contributed by atoms with E-state index in [2.05, 4.69) is 39.6 Å². The number of aliphatic imine (C=N–C) groups is 1. The van der Waals surface area contributed by atoms with E-state index in [0.29, 0.717) is 36.6 Å². The number of aromatic nitrogens is 2. The SMILES string of the molecule is CCC(CC)c1cc(CNC(=NC)NCc2ccnc(Oc3ccc(F)cc3)c2)on1.I. The molecule has 0 fully saturated rings. The predicted molar refractivity (Wildman–Crippen MR) is 133 cm³/mol. The van der Waals surface area contributed by atoms with E-state index in [4.69, 9.17) is 9.26 Å². The number of halogens is 2. The lowest BCUT2D eigenvalue weighted by Crippen LogP contribution is -2.36. The van der Waals surface area contributed by atoms with Crippen LogP contribution in [0.3, 0.4) is 0 Å². The fraction of sp³-hybridized carbons (Fsp3) is 0.348. The van der Waals surface area contributed by atoms with Gasteiger partial charge in [0.1, 0.15) is 11.6 Å². The highest BCUT2D eigenvalue weighted by molar-refractivity contribution is 14.0. The molecule has 0 saturated heterocycles. The fourth-order valence-corrected chi connectivity index (χ4v) is 3.13. The van der Waals surface area contributed by atoms with Crippen molar-refractivity contribution in [1.82, 2.24) is 20.8 Å². The first-order valence-corrected chi connectivity index (χ1v) is 10.4. The Morgan fingerprint density at radius 3 is 2.50 bits per heavy atom. The summed E-state index contributed by atoms with van der Waals surface area (Å²) in [7, 11) is 1.71. The number of hydrogen-bond donors (Lipinski definition) is 2. The summed E-state index contributed by atoms with van der Waals surface area (Å²) >= 11 is 0. The average molecular weight is 553 g/mol. The van der Waals surface area contributed by atoms with Crippen molar-refractivity contribution < 1.29 is 13.7 Å². The Bertz CT molecular complexity index is 990. The standard InChI is InChI=1S/C23H28FN5O2.HI/c1-4-17(5-2)21-13-20(31-29-21)15-28-23(25-3)27-14-16-10-11-26-22(12-16)30-19-8-6-18(24)7-9-19;/h6-13,17H,4-5,14-15H2,1-3H3,(H2,25,27,28);1H. The number of nitrogens with one attached hydrogen (secondary N) is 2. The molecule has 0 atom stereocenters. The Balaban J connectivity index is 0.00000363. The van der Waals surface area contributed by atoms with Crippen molar-refractivity contribution >= 4 is 29.9 Å². The Kier molecular flexibility index (Phi) is 10.4. The van der Waals surface area contributed by atoms with E-state index in [1.807, 2.05) is 18.2 Å². The predicted octanol–water partition coefficient (Wildman–Crippen LogP) is 5.39. The van der Waals surface area contributed by atoms with Gasteiger partial charge in [0.25, 0.3) is 0 Å². The second kappa shape index (κ2) is 13.0. The minimum absolute atomic E-state index is 0. The van der Waals surface area contributed by atoms with Crippen molar-refractivity contribution in [2.45, 2.75) is 45.7 Å². The van der Waals surface area contributed by atoms with Crippen LogP contribution in [0, 0.1) is 5.82 Å². The molecule has 7 nitrogen and oxygen atoms in total. The maximum Gasteiger partial charge on any atom is 0.219 e. The monoisotopic (exact) mass is 553 g/mol. The molecule has 2 aromatic heterocycles. The summed E-state index contributed by atoms with van der Waals surface area (Å²) in [5.41, 5.74) is 1.96. The van der Waals surface area contributed by atoms with Crippen LogP contribution in [0.2, 0.25) is 0 Å². The van der Waals surface area contributed by atoms with Crippen LogP contribution in [0.25, 0.3) is 0 Å². The minimum atomic E-state index is -0.311. The molecule has 0 bridgehead atoms. The maximum atomic E-state index is 13.0. The van der Waals surface area contributed by atoms with Crippen LogP contribution >= 0.6 is 24.0 Å². The van der Waals surface area contributed by atoms with E-state index in [1.54, 1.807) is 25.4 Å². The first-order chi connectivity index (χ1) is 15.1. The van der Waals surface area contributed by atoms with E-state index in [0.717, 1.165) is 29.9 Å². The number of rotatable bonds is 9. The van der Waals surface area contributed by atoms with E-state index >= 15 is 0 Å². The van der Waals surface area contributed by atoms with Gasteiger partial charge >= 0.3 is 0 Å². The molecule has 1 aromatic carbocycles. The molecule has 32 heavy (non-hydrogen) atoms. The largest absolute Gasteiger partial charge is 0.439 e. The Morgan fingerprint density at radius 2 is 1.81 bits per heavy atom. The topological polar surface area (TPSA) is 84.6 Å². The van der Waals surface area contributed by atoms with Gasteiger partial charge in [-0.1, -0.05) is 19.0 Å². The molecule has 0 aliphatic carbocycles. The summed E-state index contributed by atoms with van der Waals surface area (Å²) in [4.78, 5) is 8.44. The smallest absolute Gasteiger partial charge is 0.219 e. The molecule has 0 aliphatic rings. The third-order valence-corrected chi connectivity index (χ3v) is 4.93. The van der Waals surface area contributed by atoms with Crippen LogP contribution in [-0.2, 0) is 13.1 Å². The lowest BCUT2D eigenvalue weighted by Gasteiger charge is -2.11. The van der Waals surface area contributed by atoms with Crippen LogP contribution in [0.1, 0.15) is 49.6 Å². The summed E-state index contributed by atoms with van der Waals surface area (Å²) in [5.74, 6) is 2.48. The van der Waals surface area contributed by atoms with Crippen molar-refractivity contribution in [3.05, 3.63) is 71.5 Å². The molecule has 3 rings (SSSR count). The highest BCUT2D eigenvalue weighted by Gasteiger charge is 2.13. The van der Waals surface area contributed by atoms with Crippen LogP contribution in [0.15, 0.2) is 58.2 Å². The molecule has 0 spiro atoms. The Morgan fingerprint density at radius 1 is 1.09 bits per heavy atom. The molecule has 0 unspecified atom stereocenters. The quantitative estimate of drug-likeness (QED) is 0.210. The summed E-state index contributed by atoms with van der Waals surface area (Å²) < 4.78 is 24.2. The zero-order valence-electron chi connectivity index (χ0n) is 18.5. The maximum absolute atomic E-state index is 13.0. The lowest BCUT2D eigenvalue weighted by molar-refractivity contribution is 0.368. The van der Waals surface area contributed by atoms with E-state index < -0.39 is 0 Å². The van der Waals surface area contributed by atoms with Gasteiger partial charge in [0, 0.05) is 37.8 Å². The van der Waals surface area contributed by atoms with Gasteiger partial charge in [-0.15, -0.1) is 24.0 Å². The number of benzene rings is 1. The molecule has 0 amide bonds. The van der Waals surface area contributed by atoms with E-state index in [1.165, 1.54) is 12.1 Å². The minimum Gasteiger partial charge on any atom is -0.439 e. The summed E-state index contributed by atoms with van der Waals surface area (Å²) in [6.07, 6.45) is 3.75. The molecular formula is C23H29FIN5O2. The van der Waals surface area contributed by atoms with Crippen LogP contribution in [0.5, 0.6) is 11.6 Å². The fourth-order valence-electron chi connectivity index (χ4n) is 3.13. The van der Waals surface area contributed by atoms with Gasteiger partial charge < -0.3 is 19.9 Å². The number of nitrogens with zero attached hydrogens (tertiary/aromatic N) is 3. The molecule has 9 heteroatoms. The normalized spacial score (nSPS) is 11.2. The third-order valence-electron chi connectivity index (χ3n) is 4.93. The molecular weight excluding hydrogens is 524 g/mol. The van der Waals surface area contributed by atoms with Crippen LogP contribution < -0.4 is 15.4 Å². The van der Waals surface area contributed by atoms with Gasteiger partial charge in [-0.2, -0.15) is 0 Å². The zero-order chi connectivity index (χ0) is 22.1. The van der Waals surface area contributed by atoms with Crippen molar-refractivity contribution in [2.75, 3.05) is 7.05 Å². The van der Waals surface area contributed by atoms with Gasteiger partial charge in [-0.25, -0.2) is 9.37 Å². The van der Waals surface area contributed by atoms with Crippen LogP contribution in [0.4, 0.5) is 4.39 Å². The molecule has 0 aliphatic heterocycles. The first kappa shape index (κ1) is 25.6. The van der Waals surface area contributed by atoms with Gasteiger partial charge in [0.05, 0.1) is 12.2 Å². The second-order valence-corrected chi connectivity index (χ2v) is 7.07. The Labute approximate surface area is 204 Å². The highest BCUT2D eigenvalue weighted by Crippen LogP contribution is 2.22. The van der Waals surface area contributed by atoms with Gasteiger partial charge in [-0.05, 0) is 48.7 Å². The number of hydrogen-bond acceptors (Lipinski definition) is 5. The summed E-state index contributed by atoms with van der Waals surface area (Å²) in [6, 6.07) is 11.5. The van der Waals surface area contributed by atoms with Crippen molar-refractivity contribution in [2.24, 2.45) is 4.99 Å². The lowest BCUT2D eigenvalue weighted by atomic mass is 9.99. The Hall–Kier alpha value is -2.69. The van der Waals surface area contributed by atoms with Gasteiger partial charge in [-0.3, -0.25) is 4.99 Å². The number of pyridine rings is 1. The zero-order valence-corrected chi connectivity index (χ0v) is 20.8. The van der Waals surface area contributed by atoms with Crippen molar-refractivity contribution in [1.29, 1.82) is 0 Å². The van der Waals surface area contributed by atoms with E-state index in [9.17, 15) is 4.39 Å². The van der Waals surface area contributed by atoms with E-state index in [-0.39, 0.29) is 29.8 Å². The first-order valence-electron chi connectivity index (χ1n) is 10.4. The number of ether oxygens (including phenoxy) is 1. The average Bonchev–Trinajstić information content (AvgIpc) is 3.25. The van der Waals surface area contributed by atoms with Gasteiger partial charge in [0.15, 0.2) is 11.7 Å². The number of guanidine groups is 1. The summed E-state index contributed by atoms with van der Waals surface area (Å²) in [5, 5.41) is 10.7. The van der Waals surface area contributed by atoms with Gasteiger partial charge in [0.2, 0.25) is 5.88 Å². The molecule has 0 radical (unpaired) electrons. The second-order valence-electron chi connectivity index (χ2n) is 7.07. The summed E-state index contributed by atoms with van der Waals surface area (Å²) in [6.45, 7) is 5.32.